The average molecular weight is 240 g/mol. The number of benzene rings is 1. The number of nitro groups is 1. The van der Waals surface area contributed by atoms with Gasteiger partial charge in [-0.1, -0.05) is 19.8 Å². The van der Waals surface area contributed by atoms with Gasteiger partial charge in [0, 0.05) is 17.8 Å². The van der Waals surface area contributed by atoms with Crippen LogP contribution in [0.3, 0.4) is 0 Å². The lowest BCUT2D eigenvalue weighted by molar-refractivity contribution is -0.387. The topological polar surface area (TPSA) is 55.2 Å². The Morgan fingerprint density at radius 1 is 1.53 bits per heavy atom. The van der Waals surface area contributed by atoms with Gasteiger partial charge in [-0.25, -0.2) is 0 Å². The van der Waals surface area contributed by atoms with Crippen LogP contribution in [-0.4, -0.2) is 11.0 Å². The van der Waals surface area contributed by atoms with E-state index in [2.05, 4.69) is 12.2 Å². The molecule has 94 valence electrons. The van der Waals surface area contributed by atoms with E-state index in [4.69, 9.17) is 0 Å². The number of unbranched alkanes of at least 4 members (excludes halogenated alkanes) is 1. The van der Waals surface area contributed by atoms with E-state index in [0.29, 0.717) is 5.69 Å². The second-order valence-corrected chi connectivity index (χ2v) is 4.11. The van der Waals surface area contributed by atoms with Crippen LogP contribution in [0.15, 0.2) is 18.2 Å². The quantitative estimate of drug-likeness (QED) is 0.609. The Balaban J connectivity index is 2.72. The first-order chi connectivity index (χ1) is 8.04. The summed E-state index contributed by atoms with van der Waals surface area (Å²) in [5.74, 6) is -0.804. The lowest BCUT2D eigenvalue weighted by Gasteiger charge is -2.14. The Morgan fingerprint density at radius 3 is 2.82 bits per heavy atom. The summed E-state index contributed by atoms with van der Waals surface area (Å²) in [4.78, 5) is 9.86. The maximum atomic E-state index is 13.1. The molecule has 0 fully saturated rings. The molecule has 4 nitrogen and oxygen atoms in total. The summed E-state index contributed by atoms with van der Waals surface area (Å²) >= 11 is 0. The van der Waals surface area contributed by atoms with Crippen LogP contribution in [0.1, 0.15) is 33.1 Å². The molecule has 5 heteroatoms. The van der Waals surface area contributed by atoms with Gasteiger partial charge in [-0.2, -0.15) is 4.39 Å². The highest BCUT2D eigenvalue weighted by Gasteiger charge is 2.14. The molecule has 0 saturated carbocycles. The molecule has 17 heavy (non-hydrogen) atoms. The van der Waals surface area contributed by atoms with E-state index in [1.54, 1.807) is 0 Å². The molecule has 0 saturated heterocycles. The van der Waals surface area contributed by atoms with Crippen molar-refractivity contribution in [1.29, 1.82) is 0 Å². The van der Waals surface area contributed by atoms with Gasteiger partial charge >= 0.3 is 5.69 Å². The molecule has 0 aromatic heterocycles. The molecule has 0 spiro atoms. The summed E-state index contributed by atoms with van der Waals surface area (Å²) in [6.45, 7) is 4.11. The second-order valence-electron chi connectivity index (χ2n) is 4.11. The van der Waals surface area contributed by atoms with Crippen LogP contribution in [0.2, 0.25) is 0 Å². The normalized spacial score (nSPS) is 12.2. The Kier molecular flexibility index (Phi) is 4.87. The standard InChI is InChI=1S/C12H17FN2O2/c1-3-4-5-9(2)14-10-6-7-11(13)12(8-10)15(16)17/h6-9,14H,3-5H2,1-2H3. The number of nitro benzene ring substituents is 1. The lowest BCUT2D eigenvalue weighted by atomic mass is 10.1. The van der Waals surface area contributed by atoms with E-state index in [1.807, 2.05) is 6.92 Å². The minimum atomic E-state index is -0.804. The second kappa shape index (κ2) is 6.18. The molecular formula is C12H17FN2O2. The van der Waals surface area contributed by atoms with Crippen LogP contribution in [0, 0.1) is 15.9 Å². The van der Waals surface area contributed by atoms with Crippen LogP contribution in [-0.2, 0) is 0 Å². The zero-order chi connectivity index (χ0) is 12.8. The van der Waals surface area contributed by atoms with Gasteiger partial charge in [0.05, 0.1) is 4.92 Å². The summed E-state index contributed by atoms with van der Waals surface area (Å²) in [5, 5.41) is 13.7. The first-order valence-electron chi connectivity index (χ1n) is 5.75. The highest BCUT2D eigenvalue weighted by Crippen LogP contribution is 2.22. The van der Waals surface area contributed by atoms with Crippen LogP contribution >= 0.6 is 0 Å². The first kappa shape index (κ1) is 13.4. The molecule has 1 unspecified atom stereocenters. The molecule has 1 N–H and O–H groups in total. The molecule has 0 amide bonds. The molecule has 0 aliphatic carbocycles. The zero-order valence-corrected chi connectivity index (χ0v) is 10.1. The van der Waals surface area contributed by atoms with E-state index < -0.39 is 16.4 Å². The Bertz CT molecular complexity index is 396. The van der Waals surface area contributed by atoms with Gasteiger partial charge in [0.15, 0.2) is 0 Å². The third-order valence-corrected chi connectivity index (χ3v) is 2.55. The van der Waals surface area contributed by atoms with Gasteiger partial charge < -0.3 is 5.32 Å². The van der Waals surface area contributed by atoms with Gasteiger partial charge in [-0.3, -0.25) is 10.1 Å². The molecule has 1 aromatic rings. The van der Waals surface area contributed by atoms with Crippen molar-refractivity contribution in [2.45, 2.75) is 39.2 Å². The van der Waals surface area contributed by atoms with E-state index in [1.165, 1.54) is 12.1 Å². The summed E-state index contributed by atoms with van der Waals surface area (Å²) < 4.78 is 13.1. The van der Waals surface area contributed by atoms with Crippen molar-refractivity contribution < 1.29 is 9.31 Å². The predicted octanol–water partition coefficient (Wildman–Crippen LogP) is 3.72. The van der Waals surface area contributed by atoms with Crippen LogP contribution < -0.4 is 5.32 Å². The number of hydrogen-bond donors (Lipinski definition) is 1. The number of nitrogens with one attached hydrogen (secondary N) is 1. The Hall–Kier alpha value is -1.65. The van der Waals surface area contributed by atoms with Crippen molar-refractivity contribution in [3.8, 4) is 0 Å². The van der Waals surface area contributed by atoms with Gasteiger partial charge in [-0.15, -0.1) is 0 Å². The van der Waals surface area contributed by atoms with Crippen molar-refractivity contribution in [2.24, 2.45) is 0 Å². The summed E-state index contributed by atoms with van der Waals surface area (Å²) in [6, 6.07) is 4.09. The molecule has 1 atom stereocenters. The third-order valence-electron chi connectivity index (χ3n) is 2.55. The SMILES string of the molecule is CCCCC(C)Nc1ccc(F)c([N+](=O)[O-])c1. The molecule has 0 bridgehead atoms. The third kappa shape index (κ3) is 4.01. The van der Waals surface area contributed by atoms with E-state index >= 15 is 0 Å². The van der Waals surface area contributed by atoms with E-state index in [0.717, 1.165) is 25.3 Å². The highest BCUT2D eigenvalue weighted by molar-refractivity contribution is 5.52. The lowest BCUT2D eigenvalue weighted by Crippen LogP contribution is -2.14. The molecule has 1 rings (SSSR count). The first-order valence-corrected chi connectivity index (χ1v) is 5.75. The fourth-order valence-electron chi connectivity index (χ4n) is 1.61. The smallest absolute Gasteiger partial charge is 0.306 e. The van der Waals surface area contributed by atoms with Crippen molar-refractivity contribution in [3.63, 3.8) is 0 Å². The summed E-state index contributed by atoms with van der Waals surface area (Å²) in [6.07, 6.45) is 3.19. The largest absolute Gasteiger partial charge is 0.382 e. The van der Waals surface area contributed by atoms with Crippen LogP contribution in [0.4, 0.5) is 15.8 Å². The van der Waals surface area contributed by atoms with Gasteiger partial charge in [-0.05, 0) is 25.5 Å². The predicted molar refractivity (Wildman–Crippen MR) is 65.7 cm³/mol. The van der Waals surface area contributed by atoms with Gasteiger partial charge in [0.2, 0.25) is 5.82 Å². The number of hydrogen-bond acceptors (Lipinski definition) is 3. The van der Waals surface area contributed by atoms with E-state index in [9.17, 15) is 14.5 Å². The van der Waals surface area contributed by atoms with Crippen molar-refractivity contribution >= 4 is 11.4 Å². The highest BCUT2D eigenvalue weighted by atomic mass is 19.1. The average Bonchev–Trinajstić information content (AvgIpc) is 2.28. The summed E-state index contributed by atoms with van der Waals surface area (Å²) in [5.41, 5.74) is 0.0967. The number of nitrogens with zero attached hydrogens (tertiary/aromatic N) is 1. The van der Waals surface area contributed by atoms with Crippen molar-refractivity contribution in [1.82, 2.24) is 0 Å². The monoisotopic (exact) mass is 240 g/mol. The fraction of sp³-hybridized carbons (Fsp3) is 0.500. The molecule has 0 radical (unpaired) electrons. The maximum Gasteiger partial charge on any atom is 0.306 e. The molecule has 0 heterocycles. The van der Waals surface area contributed by atoms with Crippen molar-refractivity contribution in [3.05, 3.63) is 34.1 Å². The maximum absolute atomic E-state index is 13.1. The number of anilines is 1. The minimum absolute atomic E-state index is 0.222. The molecule has 1 aromatic carbocycles. The minimum Gasteiger partial charge on any atom is -0.382 e. The molecule has 0 aliphatic heterocycles. The molecular weight excluding hydrogens is 223 g/mol. The van der Waals surface area contributed by atoms with Crippen molar-refractivity contribution in [2.75, 3.05) is 5.32 Å². The Morgan fingerprint density at radius 2 is 2.24 bits per heavy atom. The Labute approximate surface area is 100.0 Å². The van der Waals surface area contributed by atoms with E-state index in [-0.39, 0.29) is 6.04 Å². The number of halogens is 1. The fourth-order valence-corrected chi connectivity index (χ4v) is 1.61. The number of rotatable bonds is 6. The van der Waals surface area contributed by atoms with Crippen LogP contribution in [0.5, 0.6) is 0 Å². The summed E-state index contributed by atoms with van der Waals surface area (Å²) in [7, 11) is 0. The molecule has 0 aliphatic rings. The van der Waals surface area contributed by atoms with Crippen LogP contribution in [0.25, 0.3) is 0 Å². The van der Waals surface area contributed by atoms with Gasteiger partial charge in [0.25, 0.3) is 0 Å². The van der Waals surface area contributed by atoms with Gasteiger partial charge in [0.1, 0.15) is 0 Å². The zero-order valence-electron chi connectivity index (χ0n) is 10.1.